The van der Waals surface area contributed by atoms with Gasteiger partial charge in [0, 0.05) is 12.7 Å². The topological polar surface area (TPSA) is 39.4 Å². The average Bonchev–Trinajstić information content (AvgIpc) is 2.81. The quantitative estimate of drug-likeness (QED) is 0.780. The molecule has 0 N–H and O–H groups in total. The van der Waals surface area contributed by atoms with Crippen molar-refractivity contribution in [3.05, 3.63) is 58.8 Å². The first kappa shape index (κ1) is 12.5. The van der Waals surface area contributed by atoms with Gasteiger partial charge in [-0.25, -0.2) is 4.39 Å². The van der Waals surface area contributed by atoms with Gasteiger partial charge in [0.05, 0.1) is 0 Å². The molecule has 1 aromatic carbocycles. The van der Waals surface area contributed by atoms with Gasteiger partial charge < -0.3 is 9.15 Å². The molecule has 0 saturated heterocycles. The van der Waals surface area contributed by atoms with Gasteiger partial charge in [0.1, 0.15) is 18.2 Å². The lowest BCUT2D eigenvalue weighted by molar-refractivity contribution is 0.0999. The SMILES string of the molecule is COCc1ccc(C(=O)c2ccc(F)c(C)c2)o1. The fraction of sp³-hybridized carbons (Fsp3) is 0.214. The van der Waals surface area contributed by atoms with Crippen LogP contribution in [-0.2, 0) is 11.3 Å². The van der Waals surface area contributed by atoms with E-state index in [1.165, 1.54) is 18.2 Å². The monoisotopic (exact) mass is 248 g/mol. The molecule has 2 rings (SSSR count). The maximum Gasteiger partial charge on any atom is 0.228 e. The Morgan fingerprint density at radius 3 is 2.78 bits per heavy atom. The summed E-state index contributed by atoms with van der Waals surface area (Å²) in [6, 6.07) is 7.52. The van der Waals surface area contributed by atoms with Gasteiger partial charge in [-0.05, 0) is 42.8 Å². The summed E-state index contributed by atoms with van der Waals surface area (Å²) in [6.45, 7) is 1.93. The molecule has 0 fully saturated rings. The predicted molar refractivity (Wildman–Crippen MR) is 64.0 cm³/mol. The van der Waals surface area contributed by atoms with Crippen molar-refractivity contribution < 1.29 is 18.3 Å². The van der Waals surface area contributed by atoms with Crippen molar-refractivity contribution in [3.8, 4) is 0 Å². The second kappa shape index (κ2) is 5.14. The molecule has 0 radical (unpaired) electrons. The number of rotatable bonds is 4. The Morgan fingerprint density at radius 1 is 1.33 bits per heavy atom. The zero-order valence-electron chi connectivity index (χ0n) is 10.2. The van der Waals surface area contributed by atoms with E-state index in [1.54, 1.807) is 26.2 Å². The molecule has 0 spiro atoms. The van der Waals surface area contributed by atoms with Crippen LogP contribution in [0.5, 0.6) is 0 Å². The van der Waals surface area contributed by atoms with Crippen molar-refractivity contribution in [2.24, 2.45) is 0 Å². The molecule has 0 atom stereocenters. The Morgan fingerprint density at radius 2 is 2.11 bits per heavy atom. The Hall–Kier alpha value is -1.94. The highest BCUT2D eigenvalue weighted by atomic mass is 19.1. The molecule has 94 valence electrons. The van der Waals surface area contributed by atoms with Crippen molar-refractivity contribution >= 4 is 5.78 Å². The van der Waals surface area contributed by atoms with E-state index < -0.39 is 0 Å². The van der Waals surface area contributed by atoms with Crippen molar-refractivity contribution in [2.75, 3.05) is 7.11 Å². The number of hydrogen-bond donors (Lipinski definition) is 0. The lowest BCUT2D eigenvalue weighted by Crippen LogP contribution is -2.00. The minimum Gasteiger partial charge on any atom is -0.455 e. The van der Waals surface area contributed by atoms with E-state index in [9.17, 15) is 9.18 Å². The number of furan rings is 1. The number of carbonyl (C=O) groups excluding carboxylic acids is 1. The van der Waals surface area contributed by atoms with Crippen LogP contribution in [0, 0.1) is 12.7 Å². The molecule has 0 unspecified atom stereocenters. The van der Waals surface area contributed by atoms with Crippen LogP contribution in [0.2, 0.25) is 0 Å². The number of ether oxygens (including phenoxy) is 1. The van der Waals surface area contributed by atoms with Crippen LogP contribution in [-0.4, -0.2) is 12.9 Å². The van der Waals surface area contributed by atoms with Crippen molar-refractivity contribution in [1.29, 1.82) is 0 Å². The van der Waals surface area contributed by atoms with Gasteiger partial charge in [-0.15, -0.1) is 0 Å². The first-order chi connectivity index (χ1) is 8.61. The van der Waals surface area contributed by atoms with E-state index in [1.807, 2.05) is 0 Å². The third-order valence-corrected chi connectivity index (χ3v) is 2.59. The van der Waals surface area contributed by atoms with Gasteiger partial charge in [-0.2, -0.15) is 0 Å². The maximum absolute atomic E-state index is 13.1. The Kier molecular flexibility index (Phi) is 3.58. The summed E-state index contributed by atoms with van der Waals surface area (Å²) in [5.41, 5.74) is 0.844. The van der Waals surface area contributed by atoms with Crippen LogP contribution < -0.4 is 0 Å². The summed E-state index contributed by atoms with van der Waals surface area (Å²) >= 11 is 0. The number of benzene rings is 1. The van der Waals surface area contributed by atoms with Gasteiger partial charge >= 0.3 is 0 Å². The van der Waals surface area contributed by atoms with E-state index in [4.69, 9.17) is 9.15 Å². The van der Waals surface area contributed by atoms with Crippen LogP contribution in [0.1, 0.15) is 27.4 Å². The van der Waals surface area contributed by atoms with Gasteiger partial charge in [0.2, 0.25) is 5.78 Å². The average molecular weight is 248 g/mol. The van der Waals surface area contributed by atoms with Crippen LogP contribution in [0.25, 0.3) is 0 Å². The summed E-state index contributed by atoms with van der Waals surface area (Å²) in [5, 5.41) is 0. The molecule has 1 heterocycles. The molecule has 4 heteroatoms. The molecular formula is C14H13FO3. The van der Waals surface area contributed by atoms with E-state index in [0.717, 1.165) is 0 Å². The van der Waals surface area contributed by atoms with Gasteiger partial charge in [-0.3, -0.25) is 4.79 Å². The molecule has 0 aliphatic heterocycles. The summed E-state index contributed by atoms with van der Waals surface area (Å²) in [5.74, 6) is 0.222. The minimum absolute atomic E-state index is 0.230. The molecule has 1 aromatic heterocycles. The molecule has 2 aromatic rings. The number of halogens is 1. The van der Waals surface area contributed by atoms with Crippen LogP contribution in [0.15, 0.2) is 34.7 Å². The van der Waals surface area contributed by atoms with Crippen molar-refractivity contribution in [1.82, 2.24) is 0 Å². The molecule has 0 aliphatic rings. The second-order valence-corrected chi connectivity index (χ2v) is 3.99. The van der Waals surface area contributed by atoms with Gasteiger partial charge in [0.25, 0.3) is 0 Å². The maximum atomic E-state index is 13.1. The number of methoxy groups -OCH3 is 1. The van der Waals surface area contributed by atoms with Crippen LogP contribution in [0.4, 0.5) is 4.39 Å². The molecule has 18 heavy (non-hydrogen) atoms. The fourth-order valence-corrected chi connectivity index (χ4v) is 1.65. The zero-order chi connectivity index (χ0) is 13.1. The van der Waals surface area contributed by atoms with E-state index in [2.05, 4.69) is 0 Å². The summed E-state index contributed by atoms with van der Waals surface area (Å²) in [7, 11) is 1.55. The van der Waals surface area contributed by atoms with E-state index >= 15 is 0 Å². The molecule has 0 saturated carbocycles. The van der Waals surface area contributed by atoms with Crippen molar-refractivity contribution in [3.63, 3.8) is 0 Å². The van der Waals surface area contributed by atoms with E-state index in [-0.39, 0.29) is 17.4 Å². The highest BCUT2D eigenvalue weighted by molar-refractivity contribution is 6.07. The summed E-state index contributed by atoms with van der Waals surface area (Å²) in [6.07, 6.45) is 0. The Balaban J connectivity index is 2.26. The van der Waals surface area contributed by atoms with Gasteiger partial charge in [-0.1, -0.05) is 0 Å². The number of hydrogen-bond acceptors (Lipinski definition) is 3. The molecule has 0 aliphatic carbocycles. The number of aryl methyl sites for hydroxylation is 1. The molecule has 0 bridgehead atoms. The fourth-order valence-electron chi connectivity index (χ4n) is 1.65. The summed E-state index contributed by atoms with van der Waals surface area (Å²) in [4.78, 5) is 12.1. The smallest absolute Gasteiger partial charge is 0.228 e. The lowest BCUT2D eigenvalue weighted by atomic mass is 10.1. The van der Waals surface area contributed by atoms with E-state index in [0.29, 0.717) is 23.5 Å². The minimum atomic E-state index is -0.328. The second-order valence-electron chi connectivity index (χ2n) is 3.99. The highest BCUT2D eigenvalue weighted by Crippen LogP contribution is 2.16. The number of carbonyl (C=O) groups is 1. The first-order valence-electron chi connectivity index (χ1n) is 5.50. The third kappa shape index (κ3) is 2.49. The molecular weight excluding hydrogens is 235 g/mol. The Labute approximate surface area is 104 Å². The molecule has 0 amide bonds. The van der Waals surface area contributed by atoms with Gasteiger partial charge in [0.15, 0.2) is 5.76 Å². The summed E-state index contributed by atoms with van der Waals surface area (Å²) < 4.78 is 23.4. The Bertz CT molecular complexity index is 572. The number of ketones is 1. The zero-order valence-corrected chi connectivity index (χ0v) is 10.2. The normalized spacial score (nSPS) is 10.6. The predicted octanol–water partition coefficient (Wildman–Crippen LogP) is 3.10. The largest absolute Gasteiger partial charge is 0.455 e. The lowest BCUT2D eigenvalue weighted by Gasteiger charge is -2.01. The van der Waals surface area contributed by atoms with Crippen LogP contribution in [0.3, 0.4) is 0 Å². The standard InChI is InChI=1S/C14H13FO3/c1-9-7-10(3-5-12(9)15)14(16)13-6-4-11(18-13)8-17-2/h3-7H,8H2,1-2H3. The first-order valence-corrected chi connectivity index (χ1v) is 5.50. The van der Waals surface area contributed by atoms with Crippen molar-refractivity contribution in [2.45, 2.75) is 13.5 Å². The molecule has 3 nitrogen and oxygen atoms in total. The van der Waals surface area contributed by atoms with Crippen LogP contribution >= 0.6 is 0 Å². The third-order valence-electron chi connectivity index (χ3n) is 2.59. The highest BCUT2D eigenvalue weighted by Gasteiger charge is 2.14.